The Morgan fingerprint density at radius 3 is 1.53 bits per heavy atom. The van der Waals surface area contributed by atoms with E-state index in [9.17, 15) is 82.4 Å². The van der Waals surface area contributed by atoms with Crippen LogP contribution in [0.2, 0.25) is 0 Å². The van der Waals surface area contributed by atoms with Gasteiger partial charge in [-0.25, -0.2) is 0 Å². The molecule has 33 nitrogen and oxygen atoms in total. The topological polar surface area (TPSA) is 534 Å². The molecule has 0 aliphatic heterocycles. The third-order valence-corrected chi connectivity index (χ3v) is 13.9. The van der Waals surface area contributed by atoms with Crippen molar-refractivity contribution >= 4 is 112 Å². The van der Waals surface area contributed by atoms with Crippen molar-refractivity contribution in [1.82, 2.24) is 63.8 Å². The van der Waals surface area contributed by atoms with Gasteiger partial charge in [0.15, 0.2) is 5.96 Å². The molecule has 0 bridgehead atoms. The second-order valence-corrected chi connectivity index (χ2v) is 21.8. The van der Waals surface area contributed by atoms with Gasteiger partial charge in [0, 0.05) is 45.2 Å². The number of phenols is 1. The fourth-order valence-corrected chi connectivity index (χ4v) is 9.12. The van der Waals surface area contributed by atoms with Gasteiger partial charge in [0.25, 0.3) is 0 Å². The predicted octanol–water partition coefficient (Wildman–Crippen LogP) is -6.57. The average molecular weight is 1260 g/mol. The van der Waals surface area contributed by atoms with Gasteiger partial charge in [-0.3, -0.25) is 72.1 Å². The zero-order valence-electron chi connectivity index (χ0n) is 48.8. The Bertz CT molecular complexity index is 2560. The summed E-state index contributed by atoms with van der Waals surface area (Å²) in [5, 5.41) is 58.7. The third kappa shape index (κ3) is 30.9. The maximum Gasteiger partial charge on any atom is 0.305 e. The lowest BCUT2D eigenvalue weighted by molar-refractivity contribution is -0.141. The molecule has 1 rings (SSSR count). The number of aliphatic imine (C=N–C) groups is 1. The number of carbonyl (C=O) groups is 14. The summed E-state index contributed by atoms with van der Waals surface area (Å²) in [7, 11) is 0. The van der Waals surface area contributed by atoms with Crippen LogP contribution in [0.1, 0.15) is 79.7 Å². The number of amides is 13. The maximum atomic E-state index is 13.9. The number of thioether (sulfide) groups is 2. The van der Waals surface area contributed by atoms with E-state index in [0.29, 0.717) is 12.0 Å². The van der Waals surface area contributed by atoms with Crippen molar-refractivity contribution in [3.8, 4) is 5.75 Å². The summed E-state index contributed by atoms with van der Waals surface area (Å²) in [6, 6.07) is -6.24. The number of nitrogens with zero attached hydrogens (tertiary/aromatic N) is 1. The minimum atomic E-state index is -1.89. The molecule has 9 atom stereocenters. The lowest BCUT2D eigenvalue weighted by Gasteiger charge is -2.29. The van der Waals surface area contributed by atoms with E-state index in [1.165, 1.54) is 45.0 Å². The van der Waals surface area contributed by atoms with Crippen molar-refractivity contribution in [2.24, 2.45) is 34.0 Å². The standard InChI is InChI=1S/C51H82N16O17S2/c1-8-26(4)42(67-50(84)41(25(2)3)66-48(82)37(60-29(7)71)22-86-24-59-28(6)70)49(83)57-19-39(74)61-33(16-30-11-13-31(72)14-12-30)46(80)64-35(20-68)44(78)56-18-38(73)62-34(17-40(75)76)47(81)63-32(10-9-15-55-51(53)54)45(79)65-36(43(52)77)21-85-23-58-27(5)69/h11-14,25-26,32-37,41-42,68,72H,8-10,15-24H2,1-7H3,(H2,52,77)(H,56,78)(H,57,83)(H,58,69)(H,59,70)(H,60,71)(H,61,74)(H,62,73)(H,63,81)(H,64,80)(H,65,79)(H,66,82)(H,67,84)(H,75,76)(H4,53,54,55)/t26-,32-,33-,34-,35-,36-,37-,41-,42-/m0/s1. The Hall–Kier alpha value is -8.47. The van der Waals surface area contributed by atoms with Crippen LogP contribution in [0.25, 0.3) is 0 Å². The Morgan fingerprint density at radius 1 is 0.547 bits per heavy atom. The zero-order chi connectivity index (χ0) is 65.2. The number of carboxylic acid groups (broad SMARTS) is 1. The fraction of sp³-hybridized carbons (Fsp3) is 0.588. The van der Waals surface area contributed by atoms with Gasteiger partial charge in [-0.1, -0.05) is 46.2 Å². The molecule has 0 spiro atoms. The number of phenolic OH excluding ortho intramolecular Hbond substituents is 1. The van der Waals surface area contributed by atoms with Crippen LogP contribution < -0.4 is 81.0 Å². The molecule has 0 aliphatic rings. The summed E-state index contributed by atoms with van der Waals surface area (Å²) in [4.78, 5) is 184. The average Bonchev–Trinajstić information content (AvgIpc) is 3.62. The van der Waals surface area contributed by atoms with E-state index in [-0.39, 0.29) is 72.6 Å². The number of nitrogens with two attached hydrogens (primary N) is 3. The number of hydrogen-bond donors (Lipinski definition) is 18. The van der Waals surface area contributed by atoms with E-state index in [2.05, 4.69) is 68.8 Å². The van der Waals surface area contributed by atoms with Gasteiger partial charge in [-0.15, -0.1) is 23.5 Å². The number of guanidine groups is 1. The molecule has 0 unspecified atom stereocenters. The molecule has 13 amide bonds. The zero-order valence-corrected chi connectivity index (χ0v) is 50.5. The molecule has 0 saturated heterocycles. The van der Waals surface area contributed by atoms with Crippen LogP contribution in [0.5, 0.6) is 5.75 Å². The number of hydrogen-bond acceptors (Lipinski definition) is 19. The molecule has 86 heavy (non-hydrogen) atoms. The molecular formula is C51H82N16O17S2. The largest absolute Gasteiger partial charge is 0.508 e. The molecule has 0 aliphatic carbocycles. The first-order valence-electron chi connectivity index (χ1n) is 26.9. The van der Waals surface area contributed by atoms with Gasteiger partial charge >= 0.3 is 5.97 Å². The lowest BCUT2D eigenvalue weighted by Crippen LogP contribution is -2.60. The number of primary amides is 1. The summed E-state index contributed by atoms with van der Waals surface area (Å²) in [6.07, 6.45) is -1.12. The number of aliphatic hydroxyl groups is 1. The number of carbonyl (C=O) groups excluding carboxylic acids is 13. The van der Waals surface area contributed by atoms with Gasteiger partial charge in [0.1, 0.15) is 54.1 Å². The molecule has 0 radical (unpaired) electrons. The van der Waals surface area contributed by atoms with Crippen LogP contribution in [0.3, 0.4) is 0 Å². The highest BCUT2D eigenvalue weighted by Gasteiger charge is 2.35. The first kappa shape index (κ1) is 75.5. The number of aliphatic hydroxyl groups excluding tert-OH is 1. The minimum Gasteiger partial charge on any atom is -0.508 e. The number of aromatic hydroxyl groups is 1. The quantitative estimate of drug-likeness (QED) is 0.0126. The van der Waals surface area contributed by atoms with E-state index in [0.717, 1.165) is 23.5 Å². The van der Waals surface area contributed by atoms with Crippen molar-refractivity contribution in [3.63, 3.8) is 0 Å². The smallest absolute Gasteiger partial charge is 0.305 e. The summed E-state index contributed by atoms with van der Waals surface area (Å²) in [6.45, 7) is 7.56. The summed E-state index contributed by atoms with van der Waals surface area (Å²) < 4.78 is 0. The first-order valence-corrected chi connectivity index (χ1v) is 29.2. The summed E-state index contributed by atoms with van der Waals surface area (Å²) in [5.41, 5.74) is 16.6. The second-order valence-electron chi connectivity index (χ2n) is 19.7. The number of carboxylic acids is 1. The Labute approximate surface area is 504 Å². The molecule has 0 fully saturated rings. The second kappa shape index (κ2) is 40.0. The third-order valence-electron chi connectivity index (χ3n) is 12.1. The molecule has 35 heteroatoms. The molecule has 0 aromatic heterocycles. The van der Waals surface area contributed by atoms with Crippen molar-refractivity contribution in [3.05, 3.63) is 29.8 Å². The number of benzene rings is 1. The molecule has 1 aromatic carbocycles. The van der Waals surface area contributed by atoms with Crippen molar-refractivity contribution < 1.29 is 82.4 Å². The normalized spacial score (nSPS) is 13.9. The van der Waals surface area contributed by atoms with Crippen LogP contribution in [0.4, 0.5) is 0 Å². The van der Waals surface area contributed by atoms with Crippen LogP contribution in [-0.2, 0) is 73.5 Å². The minimum absolute atomic E-state index is 0.0303. The lowest BCUT2D eigenvalue weighted by atomic mass is 9.96. The first-order chi connectivity index (χ1) is 40.4. The van der Waals surface area contributed by atoms with Crippen molar-refractivity contribution in [2.45, 2.75) is 129 Å². The highest BCUT2D eigenvalue weighted by atomic mass is 32.2. The van der Waals surface area contributed by atoms with E-state index < -0.39 is 157 Å². The number of aliphatic carboxylic acids is 1. The van der Waals surface area contributed by atoms with E-state index in [4.69, 9.17) is 17.2 Å². The van der Waals surface area contributed by atoms with Gasteiger partial charge in [-0.05, 0) is 42.4 Å². The van der Waals surface area contributed by atoms with Gasteiger partial charge in [0.05, 0.1) is 37.9 Å². The number of rotatable bonds is 40. The van der Waals surface area contributed by atoms with Crippen LogP contribution in [0, 0.1) is 11.8 Å². The van der Waals surface area contributed by atoms with Crippen LogP contribution in [-0.4, -0.2) is 202 Å². The molecule has 0 heterocycles. The Balaban J connectivity index is 3.24. The highest BCUT2D eigenvalue weighted by molar-refractivity contribution is 7.99. The summed E-state index contributed by atoms with van der Waals surface area (Å²) >= 11 is 2.18. The molecule has 21 N–H and O–H groups in total. The SMILES string of the molecule is CC[C@H](C)[C@H](NC(=O)[C@@H](NC(=O)[C@H](CSCNC(C)=O)NC(C)=O)C(C)C)C(=O)NCC(=O)N[C@@H](Cc1ccc(O)cc1)C(=O)N[C@@H](CO)C(=O)NCC(=O)N[C@@H](CC(=O)O)C(=O)N[C@@H](CCCN=C(N)N)C(=O)N[C@@H](CSCNC(C)=O)C(N)=O. The van der Waals surface area contributed by atoms with E-state index in [1.54, 1.807) is 27.7 Å². The molecular weight excluding hydrogens is 1170 g/mol. The van der Waals surface area contributed by atoms with E-state index in [1.807, 2.05) is 0 Å². The predicted molar refractivity (Wildman–Crippen MR) is 314 cm³/mol. The van der Waals surface area contributed by atoms with Gasteiger partial charge in [-0.2, -0.15) is 0 Å². The molecule has 0 saturated carbocycles. The Kier molecular flexibility index (Phi) is 35.1. The van der Waals surface area contributed by atoms with Crippen LogP contribution in [0.15, 0.2) is 29.3 Å². The molecule has 480 valence electrons. The Morgan fingerprint density at radius 2 is 1.03 bits per heavy atom. The highest BCUT2D eigenvalue weighted by Crippen LogP contribution is 2.14. The summed E-state index contributed by atoms with van der Waals surface area (Å²) in [5.74, 6) is -14.0. The van der Waals surface area contributed by atoms with E-state index >= 15 is 0 Å². The fourth-order valence-electron chi connectivity index (χ4n) is 7.32. The van der Waals surface area contributed by atoms with Crippen molar-refractivity contribution in [1.29, 1.82) is 0 Å². The monoisotopic (exact) mass is 1250 g/mol. The van der Waals surface area contributed by atoms with Gasteiger partial charge < -0.3 is 96.3 Å². The maximum absolute atomic E-state index is 13.9. The van der Waals surface area contributed by atoms with Crippen LogP contribution >= 0.6 is 23.5 Å². The van der Waals surface area contributed by atoms with Crippen molar-refractivity contribution in [2.75, 3.05) is 49.5 Å². The number of nitrogens with one attached hydrogen (secondary N) is 12. The molecule has 1 aromatic rings. The van der Waals surface area contributed by atoms with Gasteiger partial charge in [0.2, 0.25) is 76.8 Å².